The normalized spacial score (nSPS) is 18.7. The second-order valence-electron chi connectivity index (χ2n) is 5.69. The van der Waals surface area contributed by atoms with Crippen LogP contribution in [0.3, 0.4) is 0 Å². The molecule has 1 aromatic carbocycles. The summed E-state index contributed by atoms with van der Waals surface area (Å²) < 4.78 is 5.81. The molecule has 0 bridgehead atoms. The summed E-state index contributed by atoms with van der Waals surface area (Å²) in [7, 11) is 0. The van der Waals surface area contributed by atoms with Crippen LogP contribution in [0.15, 0.2) is 18.2 Å². The Bertz CT molecular complexity index is 403. The van der Waals surface area contributed by atoms with Gasteiger partial charge in [0.1, 0.15) is 5.75 Å². The molecule has 0 amide bonds. The summed E-state index contributed by atoms with van der Waals surface area (Å²) in [4.78, 5) is 0. The largest absolute Gasteiger partial charge is 0.492 e. The van der Waals surface area contributed by atoms with Crippen LogP contribution in [0.1, 0.15) is 44.6 Å². The monoisotopic (exact) mass is 317 g/mol. The Balaban J connectivity index is 0.00000200. The van der Waals surface area contributed by atoms with Crippen molar-refractivity contribution in [3.05, 3.63) is 28.8 Å². The number of hydrogen-bond donors (Lipinski definition) is 1. The van der Waals surface area contributed by atoms with Crippen LogP contribution >= 0.6 is 24.0 Å². The van der Waals surface area contributed by atoms with Gasteiger partial charge < -0.3 is 10.1 Å². The average Bonchev–Trinajstić information content (AvgIpc) is 2.41. The molecule has 1 N–H and O–H groups in total. The lowest BCUT2D eigenvalue weighted by Crippen LogP contribution is -2.30. The van der Waals surface area contributed by atoms with Gasteiger partial charge >= 0.3 is 0 Å². The molecule has 0 radical (unpaired) electrons. The maximum Gasteiger partial charge on any atom is 0.137 e. The molecule has 1 heterocycles. The van der Waals surface area contributed by atoms with Crippen molar-refractivity contribution in [1.29, 1.82) is 0 Å². The van der Waals surface area contributed by atoms with E-state index in [0.29, 0.717) is 5.92 Å². The maximum atomic E-state index is 6.26. The van der Waals surface area contributed by atoms with E-state index < -0.39 is 0 Å². The van der Waals surface area contributed by atoms with E-state index in [1.165, 1.54) is 24.9 Å². The van der Waals surface area contributed by atoms with Gasteiger partial charge in [-0.15, -0.1) is 12.4 Å². The van der Waals surface area contributed by atoms with Crippen LogP contribution in [-0.2, 0) is 0 Å². The lowest BCUT2D eigenvalue weighted by atomic mass is 9.97. The number of nitrogens with one attached hydrogen (secondary N) is 1. The highest BCUT2D eigenvalue weighted by Crippen LogP contribution is 2.28. The molecule has 1 aliphatic heterocycles. The van der Waals surface area contributed by atoms with Crippen LogP contribution in [0.2, 0.25) is 5.02 Å². The van der Waals surface area contributed by atoms with Crippen LogP contribution in [0.4, 0.5) is 0 Å². The molecule has 20 heavy (non-hydrogen) atoms. The van der Waals surface area contributed by atoms with Gasteiger partial charge in [0.25, 0.3) is 0 Å². The summed E-state index contributed by atoms with van der Waals surface area (Å²) in [6.07, 6.45) is 3.71. The fourth-order valence-corrected chi connectivity index (χ4v) is 2.74. The number of ether oxygens (including phenoxy) is 1. The zero-order valence-electron chi connectivity index (χ0n) is 12.3. The summed E-state index contributed by atoms with van der Waals surface area (Å²) in [5.74, 6) is 2.07. The summed E-state index contributed by atoms with van der Waals surface area (Å²) in [5.41, 5.74) is 1.26. The quantitative estimate of drug-likeness (QED) is 0.853. The van der Waals surface area contributed by atoms with Crippen molar-refractivity contribution in [2.24, 2.45) is 5.92 Å². The van der Waals surface area contributed by atoms with E-state index in [1.54, 1.807) is 0 Å². The predicted molar refractivity (Wildman–Crippen MR) is 88.5 cm³/mol. The van der Waals surface area contributed by atoms with Crippen molar-refractivity contribution in [2.75, 3.05) is 19.7 Å². The van der Waals surface area contributed by atoms with Crippen LogP contribution in [0.5, 0.6) is 5.75 Å². The maximum absolute atomic E-state index is 6.26. The number of hydrogen-bond acceptors (Lipinski definition) is 2. The third kappa shape index (κ3) is 5.16. The van der Waals surface area contributed by atoms with Crippen molar-refractivity contribution >= 4 is 24.0 Å². The molecule has 0 spiro atoms. The summed E-state index contributed by atoms with van der Waals surface area (Å²) in [6.45, 7) is 7.39. The minimum Gasteiger partial charge on any atom is -0.492 e. The Morgan fingerprint density at radius 3 is 2.80 bits per heavy atom. The minimum atomic E-state index is 0. The molecule has 0 aromatic heterocycles. The molecule has 1 unspecified atom stereocenters. The number of halogens is 2. The van der Waals surface area contributed by atoms with Crippen LogP contribution in [0.25, 0.3) is 0 Å². The van der Waals surface area contributed by atoms with Crippen LogP contribution in [0, 0.1) is 5.92 Å². The minimum absolute atomic E-state index is 0. The first kappa shape index (κ1) is 17.6. The molecule has 4 heteroatoms. The standard InChI is InChI=1S/C16H24ClNO.ClH/c1-12(2)14-5-6-16(15(17)10-14)19-9-7-13-4-3-8-18-11-13;/h5-6,10,12-13,18H,3-4,7-9,11H2,1-2H3;1H. The number of benzene rings is 1. The second-order valence-corrected chi connectivity index (χ2v) is 6.10. The van der Waals surface area contributed by atoms with E-state index in [0.717, 1.165) is 36.3 Å². The summed E-state index contributed by atoms with van der Waals surface area (Å²) in [6, 6.07) is 6.12. The van der Waals surface area contributed by atoms with Gasteiger partial charge in [0.15, 0.2) is 0 Å². The molecule has 1 saturated heterocycles. The molecule has 114 valence electrons. The summed E-state index contributed by atoms with van der Waals surface area (Å²) >= 11 is 6.26. The Labute approximate surface area is 133 Å². The first-order valence-corrected chi connectivity index (χ1v) is 7.67. The molecule has 2 nitrogen and oxygen atoms in total. The van der Waals surface area contributed by atoms with Gasteiger partial charge in [-0.2, -0.15) is 0 Å². The van der Waals surface area contributed by atoms with Crippen molar-refractivity contribution in [2.45, 2.75) is 39.0 Å². The highest BCUT2D eigenvalue weighted by Gasteiger charge is 2.13. The molecular formula is C16H25Cl2NO. The molecular weight excluding hydrogens is 293 g/mol. The summed E-state index contributed by atoms with van der Waals surface area (Å²) in [5, 5.41) is 4.16. The predicted octanol–water partition coefficient (Wildman–Crippen LogP) is 4.65. The molecule has 1 aromatic rings. The lowest BCUT2D eigenvalue weighted by Gasteiger charge is -2.22. The number of rotatable bonds is 5. The molecule has 0 aliphatic carbocycles. The number of piperidine rings is 1. The van der Waals surface area contributed by atoms with E-state index in [2.05, 4.69) is 25.2 Å². The smallest absolute Gasteiger partial charge is 0.137 e. The average molecular weight is 318 g/mol. The Hall–Kier alpha value is -0.440. The fraction of sp³-hybridized carbons (Fsp3) is 0.625. The molecule has 2 rings (SSSR count). The van der Waals surface area contributed by atoms with Gasteiger partial charge in [-0.3, -0.25) is 0 Å². The van der Waals surface area contributed by atoms with E-state index >= 15 is 0 Å². The van der Waals surface area contributed by atoms with Crippen molar-refractivity contribution in [1.82, 2.24) is 5.32 Å². The highest BCUT2D eigenvalue weighted by atomic mass is 35.5. The SMILES string of the molecule is CC(C)c1ccc(OCCC2CCCNC2)c(Cl)c1.Cl. The van der Waals surface area contributed by atoms with E-state index in [4.69, 9.17) is 16.3 Å². The zero-order chi connectivity index (χ0) is 13.7. The van der Waals surface area contributed by atoms with Gasteiger partial charge in [0.05, 0.1) is 11.6 Å². The second kappa shape index (κ2) is 8.76. The first-order chi connectivity index (χ1) is 9.16. The molecule has 1 aliphatic rings. The van der Waals surface area contributed by atoms with Crippen LogP contribution < -0.4 is 10.1 Å². The Morgan fingerprint density at radius 2 is 2.20 bits per heavy atom. The Kier molecular flexibility index (Phi) is 7.71. The molecule has 1 atom stereocenters. The Morgan fingerprint density at radius 1 is 1.40 bits per heavy atom. The highest BCUT2D eigenvalue weighted by molar-refractivity contribution is 6.32. The third-order valence-electron chi connectivity index (χ3n) is 3.81. The van der Waals surface area contributed by atoms with Gasteiger partial charge in [0.2, 0.25) is 0 Å². The zero-order valence-corrected chi connectivity index (χ0v) is 13.9. The van der Waals surface area contributed by atoms with Gasteiger partial charge in [0, 0.05) is 0 Å². The van der Waals surface area contributed by atoms with E-state index in [9.17, 15) is 0 Å². The van der Waals surface area contributed by atoms with E-state index in [-0.39, 0.29) is 12.4 Å². The lowest BCUT2D eigenvalue weighted by molar-refractivity contribution is 0.254. The van der Waals surface area contributed by atoms with Gasteiger partial charge in [-0.25, -0.2) is 0 Å². The van der Waals surface area contributed by atoms with Crippen molar-refractivity contribution < 1.29 is 4.74 Å². The fourth-order valence-electron chi connectivity index (χ4n) is 2.50. The third-order valence-corrected chi connectivity index (χ3v) is 4.10. The van der Waals surface area contributed by atoms with Crippen molar-refractivity contribution in [3.63, 3.8) is 0 Å². The van der Waals surface area contributed by atoms with E-state index in [1.807, 2.05) is 12.1 Å². The van der Waals surface area contributed by atoms with Crippen LogP contribution in [-0.4, -0.2) is 19.7 Å². The van der Waals surface area contributed by atoms with Gasteiger partial charge in [-0.1, -0.05) is 31.5 Å². The topological polar surface area (TPSA) is 21.3 Å². The molecule has 0 saturated carbocycles. The van der Waals surface area contributed by atoms with Crippen molar-refractivity contribution in [3.8, 4) is 5.75 Å². The van der Waals surface area contributed by atoms with Gasteiger partial charge in [-0.05, 0) is 61.9 Å². The molecule has 1 fully saturated rings. The first-order valence-electron chi connectivity index (χ1n) is 7.30.